The highest BCUT2D eigenvalue weighted by Gasteiger charge is 2.30. The number of rotatable bonds is 8. The maximum absolute atomic E-state index is 13.0. The van der Waals surface area contributed by atoms with Crippen LogP contribution in [-0.4, -0.2) is 70.0 Å². The molecular weight excluding hydrogens is 436 g/mol. The van der Waals surface area contributed by atoms with Gasteiger partial charge in [-0.05, 0) is 44.3 Å². The molecule has 2 aromatic rings. The average molecular weight is 465 g/mol. The van der Waals surface area contributed by atoms with Gasteiger partial charge in [0, 0.05) is 37.8 Å². The van der Waals surface area contributed by atoms with E-state index in [1.807, 2.05) is 18.9 Å². The first-order valence-corrected chi connectivity index (χ1v) is 11.6. The lowest BCUT2D eigenvalue weighted by Crippen LogP contribution is -2.47. The molecule has 11 heteroatoms. The molecule has 0 bridgehead atoms. The van der Waals surface area contributed by atoms with Crippen molar-refractivity contribution >= 4 is 21.4 Å². The summed E-state index contributed by atoms with van der Waals surface area (Å²) in [6.07, 6.45) is 0. The molecule has 2 aromatic carbocycles. The lowest BCUT2D eigenvalue weighted by atomic mass is 10.1. The van der Waals surface area contributed by atoms with E-state index in [2.05, 4.69) is 5.32 Å². The van der Waals surface area contributed by atoms with E-state index >= 15 is 0 Å². The highest BCUT2D eigenvalue weighted by atomic mass is 32.2. The SMILES string of the molecule is COc1ccc(OC)c(C(C)Nc2ccc(S(=O)(=O)N3CCN(C)CC3)cc2[N+](=O)[O-])c1. The van der Waals surface area contributed by atoms with Gasteiger partial charge < -0.3 is 19.7 Å². The van der Waals surface area contributed by atoms with Gasteiger partial charge in [0.2, 0.25) is 10.0 Å². The van der Waals surface area contributed by atoms with Crippen LogP contribution in [0.2, 0.25) is 0 Å². The maximum atomic E-state index is 13.0. The Kier molecular flexibility index (Phi) is 7.22. The molecule has 0 radical (unpaired) electrons. The predicted molar refractivity (Wildman–Crippen MR) is 121 cm³/mol. The summed E-state index contributed by atoms with van der Waals surface area (Å²) in [6.45, 7) is 3.75. The van der Waals surface area contributed by atoms with E-state index in [4.69, 9.17) is 9.47 Å². The van der Waals surface area contributed by atoms with Crippen molar-refractivity contribution in [1.29, 1.82) is 0 Å². The standard InChI is InChI=1S/C21H28N4O6S/c1-15(18-13-16(30-3)5-8-21(18)31-4)22-19-7-6-17(14-20(19)25(26)27)32(28,29)24-11-9-23(2)10-12-24/h5-8,13-15,22H,9-12H2,1-4H3. The van der Waals surface area contributed by atoms with Crippen molar-refractivity contribution in [2.45, 2.75) is 17.9 Å². The molecule has 1 unspecified atom stereocenters. The van der Waals surface area contributed by atoms with Crippen molar-refractivity contribution in [3.05, 3.63) is 52.1 Å². The van der Waals surface area contributed by atoms with E-state index in [1.165, 1.54) is 16.4 Å². The fraction of sp³-hybridized carbons (Fsp3) is 0.429. The van der Waals surface area contributed by atoms with E-state index < -0.39 is 14.9 Å². The predicted octanol–water partition coefficient (Wildman–Crippen LogP) is 2.72. The Hall–Kier alpha value is -2.89. The second-order valence-electron chi connectivity index (χ2n) is 7.62. The minimum atomic E-state index is -3.82. The Morgan fingerprint density at radius 3 is 2.34 bits per heavy atom. The highest BCUT2D eigenvalue weighted by molar-refractivity contribution is 7.89. The van der Waals surface area contributed by atoms with Crippen molar-refractivity contribution in [2.24, 2.45) is 0 Å². The minimum absolute atomic E-state index is 0.0917. The normalized spacial score (nSPS) is 16.4. The molecule has 1 heterocycles. The van der Waals surface area contributed by atoms with E-state index in [1.54, 1.807) is 32.4 Å². The van der Waals surface area contributed by atoms with Crippen LogP contribution < -0.4 is 14.8 Å². The van der Waals surface area contributed by atoms with Crippen LogP contribution in [0.15, 0.2) is 41.3 Å². The number of anilines is 1. The highest BCUT2D eigenvalue weighted by Crippen LogP contribution is 2.35. The summed E-state index contributed by atoms with van der Waals surface area (Å²) >= 11 is 0. The molecule has 0 saturated carbocycles. The van der Waals surface area contributed by atoms with Gasteiger partial charge in [0.05, 0.1) is 30.1 Å². The second kappa shape index (κ2) is 9.72. The smallest absolute Gasteiger partial charge is 0.293 e. The van der Waals surface area contributed by atoms with Crippen LogP contribution in [0.5, 0.6) is 11.5 Å². The van der Waals surface area contributed by atoms with Gasteiger partial charge in [0.25, 0.3) is 5.69 Å². The van der Waals surface area contributed by atoms with Gasteiger partial charge >= 0.3 is 0 Å². The Morgan fingerprint density at radius 2 is 1.75 bits per heavy atom. The first-order valence-electron chi connectivity index (χ1n) is 10.1. The lowest BCUT2D eigenvalue weighted by Gasteiger charge is -2.31. The van der Waals surface area contributed by atoms with Crippen LogP contribution in [0.4, 0.5) is 11.4 Å². The molecular formula is C21H28N4O6S. The Morgan fingerprint density at radius 1 is 1.06 bits per heavy atom. The third-order valence-corrected chi connectivity index (χ3v) is 7.44. The molecule has 3 rings (SSSR count). The van der Waals surface area contributed by atoms with Gasteiger partial charge in [-0.2, -0.15) is 4.31 Å². The molecule has 1 aliphatic heterocycles. The summed E-state index contributed by atoms with van der Waals surface area (Å²) in [5, 5.41) is 14.9. The first-order chi connectivity index (χ1) is 15.2. The molecule has 1 N–H and O–H groups in total. The summed E-state index contributed by atoms with van der Waals surface area (Å²) < 4.78 is 38.1. The maximum Gasteiger partial charge on any atom is 0.293 e. The zero-order valence-electron chi connectivity index (χ0n) is 18.6. The van der Waals surface area contributed by atoms with E-state index in [0.29, 0.717) is 37.7 Å². The fourth-order valence-corrected chi connectivity index (χ4v) is 5.05. The molecule has 0 spiro atoms. The number of nitrogens with one attached hydrogen (secondary N) is 1. The number of piperazine rings is 1. The number of methoxy groups -OCH3 is 2. The topological polar surface area (TPSA) is 114 Å². The van der Waals surface area contributed by atoms with E-state index in [9.17, 15) is 18.5 Å². The van der Waals surface area contributed by atoms with Crippen LogP contribution in [0.25, 0.3) is 0 Å². The van der Waals surface area contributed by atoms with E-state index in [0.717, 1.165) is 11.6 Å². The molecule has 0 amide bonds. The van der Waals surface area contributed by atoms with Gasteiger partial charge in [0.15, 0.2) is 0 Å². The molecule has 174 valence electrons. The zero-order valence-corrected chi connectivity index (χ0v) is 19.4. The van der Waals surface area contributed by atoms with Gasteiger partial charge in [0.1, 0.15) is 17.2 Å². The third-order valence-electron chi connectivity index (χ3n) is 5.54. The Labute approximate surface area is 187 Å². The number of nitro groups is 1. The second-order valence-corrected chi connectivity index (χ2v) is 9.56. The monoisotopic (exact) mass is 464 g/mol. The van der Waals surface area contributed by atoms with Crippen LogP contribution >= 0.6 is 0 Å². The van der Waals surface area contributed by atoms with Gasteiger partial charge in [-0.1, -0.05) is 0 Å². The largest absolute Gasteiger partial charge is 0.497 e. The van der Waals surface area contributed by atoms with Crippen molar-refractivity contribution in [3.8, 4) is 11.5 Å². The van der Waals surface area contributed by atoms with Crippen molar-refractivity contribution < 1.29 is 22.8 Å². The van der Waals surface area contributed by atoms with Crippen LogP contribution in [0, 0.1) is 10.1 Å². The molecule has 1 fully saturated rings. The number of nitrogens with zero attached hydrogens (tertiary/aromatic N) is 3. The van der Waals surface area contributed by atoms with Gasteiger partial charge in [-0.15, -0.1) is 0 Å². The molecule has 1 atom stereocenters. The molecule has 10 nitrogen and oxygen atoms in total. The van der Waals surface area contributed by atoms with Crippen molar-refractivity contribution in [2.75, 3.05) is 52.8 Å². The average Bonchev–Trinajstić information content (AvgIpc) is 2.78. The number of likely N-dealkylation sites (N-methyl/N-ethyl adjacent to an activating group) is 1. The van der Waals surface area contributed by atoms with Crippen LogP contribution in [-0.2, 0) is 10.0 Å². The summed E-state index contributed by atoms with van der Waals surface area (Å²) in [4.78, 5) is 13.1. The van der Waals surface area contributed by atoms with Crippen molar-refractivity contribution in [3.63, 3.8) is 0 Å². The Bertz CT molecular complexity index is 1080. The van der Waals surface area contributed by atoms with Crippen LogP contribution in [0.3, 0.4) is 0 Å². The molecule has 32 heavy (non-hydrogen) atoms. The number of benzene rings is 2. The van der Waals surface area contributed by atoms with E-state index in [-0.39, 0.29) is 22.3 Å². The Balaban J connectivity index is 1.91. The fourth-order valence-electron chi connectivity index (χ4n) is 3.61. The summed E-state index contributed by atoms with van der Waals surface area (Å²) in [5.41, 5.74) is 0.647. The number of ether oxygens (including phenoxy) is 2. The number of nitro benzene ring substituents is 1. The zero-order chi connectivity index (χ0) is 23.5. The summed E-state index contributed by atoms with van der Waals surface area (Å²) in [5.74, 6) is 1.22. The quantitative estimate of drug-likeness (QED) is 0.469. The third kappa shape index (κ3) is 4.95. The molecule has 0 aliphatic carbocycles. The molecule has 0 aromatic heterocycles. The lowest BCUT2D eigenvalue weighted by molar-refractivity contribution is -0.384. The number of hydrogen-bond acceptors (Lipinski definition) is 8. The minimum Gasteiger partial charge on any atom is -0.497 e. The number of hydrogen-bond donors (Lipinski definition) is 1. The first kappa shape index (κ1) is 23.8. The summed E-state index contributed by atoms with van der Waals surface area (Å²) in [7, 11) is 1.19. The summed E-state index contributed by atoms with van der Waals surface area (Å²) in [6, 6.07) is 8.88. The van der Waals surface area contributed by atoms with Crippen molar-refractivity contribution in [1.82, 2.24) is 9.21 Å². The molecule has 1 saturated heterocycles. The van der Waals surface area contributed by atoms with Gasteiger partial charge in [-0.3, -0.25) is 10.1 Å². The number of sulfonamides is 1. The molecule has 1 aliphatic rings. The van der Waals surface area contributed by atoms with Crippen LogP contribution in [0.1, 0.15) is 18.5 Å². The van der Waals surface area contributed by atoms with Gasteiger partial charge in [-0.25, -0.2) is 8.42 Å².